The third kappa shape index (κ3) is 2.85. The molecule has 0 N–H and O–H groups in total. The fourth-order valence-corrected chi connectivity index (χ4v) is 3.61. The fraction of sp³-hybridized carbons (Fsp3) is 0.500. The largest absolute Gasteiger partial charge is 0.356 e. The molecule has 0 atom stereocenters. The molecule has 26 heavy (non-hydrogen) atoms. The maximum absolute atomic E-state index is 12.4. The molecule has 0 radical (unpaired) electrons. The molecule has 1 fully saturated rings. The zero-order chi connectivity index (χ0) is 18.3. The second-order valence-electron chi connectivity index (χ2n) is 7.05. The van der Waals surface area contributed by atoms with Crippen molar-refractivity contribution in [1.82, 2.24) is 29.3 Å². The van der Waals surface area contributed by atoms with Gasteiger partial charge in [-0.3, -0.25) is 14.0 Å². The monoisotopic (exact) mass is 353 g/mol. The number of anilines is 1. The predicted octanol–water partition coefficient (Wildman–Crippen LogP) is 1.45. The van der Waals surface area contributed by atoms with E-state index in [1.54, 1.807) is 21.9 Å². The number of aromatic nitrogens is 6. The molecule has 3 aromatic heterocycles. The molecule has 0 amide bonds. The van der Waals surface area contributed by atoms with Crippen LogP contribution in [0.1, 0.15) is 24.1 Å². The van der Waals surface area contributed by atoms with E-state index in [9.17, 15) is 4.79 Å². The van der Waals surface area contributed by atoms with Gasteiger partial charge in [-0.2, -0.15) is 5.10 Å². The molecule has 4 rings (SSSR count). The van der Waals surface area contributed by atoms with Crippen molar-refractivity contribution in [2.24, 2.45) is 13.0 Å². The van der Waals surface area contributed by atoms with Crippen molar-refractivity contribution in [2.75, 3.05) is 18.0 Å². The Bertz CT molecular complexity index is 998. The minimum Gasteiger partial charge on any atom is -0.356 e. The highest BCUT2D eigenvalue weighted by atomic mass is 16.1. The van der Waals surface area contributed by atoms with Crippen molar-refractivity contribution in [3.8, 4) is 0 Å². The maximum Gasteiger partial charge on any atom is 0.256 e. The lowest BCUT2D eigenvalue weighted by molar-refractivity contribution is 0.350. The van der Waals surface area contributed by atoms with Crippen LogP contribution < -0.4 is 10.5 Å². The van der Waals surface area contributed by atoms with Gasteiger partial charge in [0.15, 0.2) is 5.65 Å². The molecule has 0 unspecified atom stereocenters. The molecule has 8 nitrogen and oxygen atoms in total. The van der Waals surface area contributed by atoms with Gasteiger partial charge in [-0.05, 0) is 32.6 Å². The molecule has 1 aliphatic heterocycles. The van der Waals surface area contributed by atoms with E-state index < -0.39 is 0 Å². The molecule has 0 aromatic carbocycles. The number of aryl methyl sites for hydroxylation is 2. The molecule has 0 saturated carbocycles. The van der Waals surface area contributed by atoms with E-state index in [4.69, 9.17) is 0 Å². The Morgan fingerprint density at radius 1 is 1.15 bits per heavy atom. The highest BCUT2D eigenvalue weighted by Crippen LogP contribution is 2.27. The Morgan fingerprint density at radius 2 is 1.92 bits per heavy atom. The van der Waals surface area contributed by atoms with Gasteiger partial charge < -0.3 is 4.90 Å². The van der Waals surface area contributed by atoms with Gasteiger partial charge in [-0.1, -0.05) is 0 Å². The van der Waals surface area contributed by atoms with Crippen LogP contribution in [-0.4, -0.2) is 42.4 Å². The lowest BCUT2D eigenvalue weighted by Crippen LogP contribution is -2.37. The van der Waals surface area contributed by atoms with E-state index in [2.05, 4.69) is 25.0 Å². The predicted molar refractivity (Wildman–Crippen MR) is 99.2 cm³/mol. The summed E-state index contributed by atoms with van der Waals surface area (Å²) in [4.78, 5) is 27.8. The quantitative estimate of drug-likeness (QED) is 0.709. The van der Waals surface area contributed by atoms with E-state index >= 15 is 0 Å². The highest BCUT2D eigenvalue weighted by Gasteiger charge is 2.23. The first kappa shape index (κ1) is 16.7. The van der Waals surface area contributed by atoms with E-state index in [1.807, 2.05) is 27.1 Å². The van der Waals surface area contributed by atoms with E-state index in [1.165, 1.54) is 0 Å². The lowest BCUT2D eigenvalue weighted by Gasteiger charge is -2.33. The number of hydrogen-bond donors (Lipinski definition) is 0. The van der Waals surface area contributed by atoms with Gasteiger partial charge in [0.05, 0.1) is 17.9 Å². The van der Waals surface area contributed by atoms with Gasteiger partial charge in [0, 0.05) is 37.9 Å². The summed E-state index contributed by atoms with van der Waals surface area (Å²) < 4.78 is 3.53. The summed E-state index contributed by atoms with van der Waals surface area (Å²) in [7, 11) is 1.89. The SMILES string of the molecule is Cc1ncn(CC2CCN(c3ncnc4c3cnn4C)CC2)c(=O)c1C. The molecule has 1 aliphatic rings. The summed E-state index contributed by atoms with van der Waals surface area (Å²) in [5.74, 6) is 1.42. The van der Waals surface area contributed by atoms with Crippen molar-refractivity contribution in [3.05, 3.63) is 40.5 Å². The molecule has 0 spiro atoms. The van der Waals surface area contributed by atoms with Crippen LogP contribution in [0.2, 0.25) is 0 Å². The smallest absolute Gasteiger partial charge is 0.256 e. The van der Waals surface area contributed by atoms with Crippen molar-refractivity contribution < 1.29 is 0 Å². The number of nitrogens with zero attached hydrogens (tertiary/aromatic N) is 7. The van der Waals surface area contributed by atoms with Crippen molar-refractivity contribution in [2.45, 2.75) is 33.2 Å². The minimum absolute atomic E-state index is 0.0767. The second kappa shape index (κ2) is 6.51. The average Bonchev–Trinajstić information content (AvgIpc) is 3.04. The molecular formula is C18H23N7O. The van der Waals surface area contributed by atoms with Gasteiger partial charge in [0.1, 0.15) is 12.1 Å². The Hall–Kier alpha value is -2.77. The van der Waals surface area contributed by atoms with Crippen LogP contribution >= 0.6 is 0 Å². The fourth-order valence-electron chi connectivity index (χ4n) is 3.61. The molecule has 0 bridgehead atoms. The summed E-state index contributed by atoms with van der Waals surface area (Å²) in [6, 6.07) is 0. The maximum atomic E-state index is 12.4. The first-order chi connectivity index (χ1) is 12.5. The zero-order valence-corrected chi connectivity index (χ0v) is 15.4. The van der Waals surface area contributed by atoms with Gasteiger partial charge in [0.2, 0.25) is 0 Å². The van der Waals surface area contributed by atoms with Crippen molar-refractivity contribution in [1.29, 1.82) is 0 Å². The first-order valence-electron chi connectivity index (χ1n) is 8.95. The van der Waals surface area contributed by atoms with E-state index in [-0.39, 0.29) is 5.56 Å². The van der Waals surface area contributed by atoms with Gasteiger partial charge >= 0.3 is 0 Å². The van der Waals surface area contributed by atoms with Crippen LogP contribution in [0.3, 0.4) is 0 Å². The topological polar surface area (TPSA) is 81.7 Å². The summed E-state index contributed by atoms with van der Waals surface area (Å²) in [6.45, 7) is 6.28. The Morgan fingerprint density at radius 3 is 2.69 bits per heavy atom. The van der Waals surface area contributed by atoms with Crippen LogP contribution in [-0.2, 0) is 13.6 Å². The van der Waals surface area contributed by atoms with Gasteiger partial charge in [-0.25, -0.2) is 15.0 Å². The normalized spacial score (nSPS) is 15.7. The molecule has 136 valence electrons. The molecule has 8 heteroatoms. The van der Waals surface area contributed by atoms with E-state index in [0.29, 0.717) is 5.92 Å². The standard InChI is InChI=1S/C18H23N7O/c1-12-13(2)21-11-25(18(12)26)9-14-4-6-24(7-5-14)17-15-8-22-23(3)16(15)19-10-20-17/h8,10-11,14H,4-7,9H2,1-3H3. The summed E-state index contributed by atoms with van der Waals surface area (Å²) >= 11 is 0. The van der Waals surface area contributed by atoms with E-state index in [0.717, 1.165) is 60.6 Å². The third-order valence-corrected chi connectivity index (χ3v) is 5.39. The van der Waals surface area contributed by atoms with Crippen LogP contribution in [0, 0.1) is 19.8 Å². The second-order valence-corrected chi connectivity index (χ2v) is 7.05. The van der Waals surface area contributed by atoms with Crippen LogP contribution in [0.15, 0.2) is 23.6 Å². The number of fused-ring (bicyclic) bond motifs is 1. The van der Waals surface area contributed by atoms with Gasteiger partial charge in [-0.15, -0.1) is 0 Å². The zero-order valence-electron chi connectivity index (χ0n) is 15.4. The lowest BCUT2D eigenvalue weighted by atomic mass is 9.96. The number of hydrogen-bond acceptors (Lipinski definition) is 6. The summed E-state index contributed by atoms with van der Waals surface area (Å²) in [5, 5.41) is 5.28. The Balaban J connectivity index is 1.47. The van der Waals surface area contributed by atoms with Gasteiger partial charge in [0.25, 0.3) is 5.56 Å². The molecule has 0 aliphatic carbocycles. The van der Waals surface area contributed by atoms with Crippen LogP contribution in [0.5, 0.6) is 0 Å². The average molecular weight is 353 g/mol. The van der Waals surface area contributed by atoms with Crippen LogP contribution in [0.25, 0.3) is 11.0 Å². The number of rotatable bonds is 3. The Labute approximate surface area is 151 Å². The van der Waals surface area contributed by atoms with Crippen molar-refractivity contribution in [3.63, 3.8) is 0 Å². The minimum atomic E-state index is 0.0767. The Kier molecular flexibility index (Phi) is 4.18. The first-order valence-corrected chi connectivity index (χ1v) is 8.95. The molecule has 1 saturated heterocycles. The molecular weight excluding hydrogens is 330 g/mol. The van der Waals surface area contributed by atoms with Crippen LogP contribution in [0.4, 0.5) is 5.82 Å². The van der Waals surface area contributed by atoms with Crippen molar-refractivity contribution >= 4 is 16.9 Å². The summed E-state index contributed by atoms with van der Waals surface area (Å²) in [5.41, 5.74) is 2.48. The third-order valence-electron chi connectivity index (χ3n) is 5.39. The summed E-state index contributed by atoms with van der Waals surface area (Å²) in [6.07, 6.45) is 7.15. The highest BCUT2D eigenvalue weighted by molar-refractivity contribution is 5.86. The molecule has 4 heterocycles. The number of piperidine rings is 1. The molecule has 3 aromatic rings.